The maximum atomic E-state index is 8.89. The van der Waals surface area contributed by atoms with E-state index in [0.29, 0.717) is 22.3 Å². The van der Waals surface area contributed by atoms with Crippen LogP contribution in [0.3, 0.4) is 0 Å². The highest BCUT2D eigenvalue weighted by atomic mass is 35.5. The Morgan fingerprint density at radius 2 is 2.00 bits per heavy atom. The third kappa shape index (κ3) is 3.14. The van der Waals surface area contributed by atoms with Gasteiger partial charge in [0, 0.05) is 11.1 Å². The summed E-state index contributed by atoms with van der Waals surface area (Å²) in [5, 5.41) is 9.47. The molecule has 0 heterocycles. The molecule has 0 N–H and O–H groups in total. The van der Waals surface area contributed by atoms with Crippen molar-refractivity contribution in [2.24, 2.45) is 5.92 Å². The highest BCUT2D eigenvalue weighted by Gasteiger charge is 2.11. The van der Waals surface area contributed by atoms with E-state index < -0.39 is 0 Å². The van der Waals surface area contributed by atoms with Crippen LogP contribution >= 0.6 is 11.6 Å². The van der Waals surface area contributed by atoms with Crippen LogP contribution in [0.25, 0.3) is 0 Å². The second-order valence-electron chi connectivity index (χ2n) is 3.82. The number of rotatable bonds is 3. The first-order valence-corrected chi connectivity index (χ1v) is 5.28. The molecule has 0 saturated heterocycles. The molecule has 80 valence electrons. The molecular weight excluding hydrogens is 210 g/mol. The van der Waals surface area contributed by atoms with Crippen molar-refractivity contribution in [3.05, 3.63) is 28.8 Å². The van der Waals surface area contributed by atoms with Gasteiger partial charge in [-0.3, -0.25) is 0 Å². The molecule has 0 aliphatic heterocycles. The standard InChI is InChI=1S/C12H14ClNO/c1-8(2)9(3)15-12-6-11(13)5-4-10(12)7-14/h4-6,8-9H,1-3H3. The van der Waals surface area contributed by atoms with Crippen LogP contribution in [-0.2, 0) is 0 Å². The van der Waals surface area contributed by atoms with Gasteiger partial charge in [0.05, 0.1) is 11.7 Å². The third-order valence-electron chi connectivity index (χ3n) is 2.32. The number of nitriles is 1. The molecule has 0 spiro atoms. The molecule has 1 aromatic carbocycles. The van der Waals surface area contributed by atoms with Crippen LogP contribution in [-0.4, -0.2) is 6.10 Å². The van der Waals surface area contributed by atoms with Crippen LogP contribution in [0.1, 0.15) is 26.3 Å². The number of benzene rings is 1. The van der Waals surface area contributed by atoms with E-state index in [0.717, 1.165) is 0 Å². The second-order valence-corrected chi connectivity index (χ2v) is 4.26. The van der Waals surface area contributed by atoms with Gasteiger partial charge >= 0.3 is 0 Å². The molecule has 0 aromatic heterocycles. The van der Waals surface area contributed by atoms with Crippen LogP contribution in [0.2, 0.25) is 5.02 Å². The van der Waals surface area contributed by atoms with Gasteiger partial charge in [0.15, 0.2) is 0 Å². The topological polar surface area (TPSA) is 33.0 Å². The molecule has 0 fully saturated rings. The van der Waals surface area contributed by atoms with Gasteiger partial charge in [-0.2, -0.15) is 5.26 Å². The van der Waals surface area contributed by atoms with E-state index in [2.05, 4.69) is 19.9 Å². The molecule has 2 nitrogen and oxygen atoms in total. The van der Waals surface area contributed by atoms with E-state index in [-0.39, 0.29) is 6.10 Å². The minimum atomic E-state index is 0.0653. The molecule has 0 bridgehead atoms. The van der Waals surface area contributed by atoms with E-state index in [4.69, 9.17) is 21.6 Å². The molecule has 15 heavy (non-hydrogen) atoms. The number of nitrogens with zero attached hydrogens (tertiary/aromatic N) is 1. The lowest BCUT2D eigenvalue weighted by molar-refractivity contribution is 0.170. The Bertz CT molecular complexity index is 382. The van der Waals surface area contributed by atoms with Crippen molar-refractivity contribution in [1.29, 1.82) is 5.26 Å². The minimum absolute atomic E-state index is 0.0653. The summed E-state index contributed by atoms with van der Waals surface area (Å²) in [6.07, 6.45) is 0.0653. The van der Waals surface area contributed by atoms with Gasteiger partial charge < -0.3 is 4.74 Å². The Hall–Kier alpha value is -1.20. The Morgan fingerprint density at radius 3 is 2.53 bits per heavy atom. The molecule has 1 atom stereocenters. The van der Waals surface area contributed by atoms with E-state index in [1.807, 2.05) is 6.92 Å². The lowest BCUT2D eigenvalue weighted by Crippen LogP contribution is -2.19. The summed E-state index contributed by atoms with van der Waals surface area (Å²) in [5.41, 5.74) is 0.520. The van der Waals surface area contributed by atoms with Gasteiger partial charge in [0.25, 0.3) is 0 Å². The van der Waals surface area contributed by atoms with Crippen LogP contribution < -0.4 is 4.74 Å². The highest BCUT2D eigenvalue weighted by molar-refractivity contribution is 6.30. The minimum Gasteiger partial charge on any atom is -0.489 e. The summed E-state index contributed by atoms with van der Waals surface area (Å²) in [4.78, 5) is 0. The monoisotopic (exact) mass is 223 g/mol. The fraction of sp³-hybridized carbons (Fsp3) is 0.417. The van der Waals surface area contributed by atoms with Gasteiger partial charge in [0.2, 0.25) is 0 Å². The summed E-state index contributed by atoms with van der Waals surface area (Å²) in [7, 11) is 0. The molecule has 0 aliphatic rings. The Morgan fingerprint density at radius 1 is 1.33 bits per heavy atom. The zero-order valence-electron chi connectivity index (χ0n) is 9.12. The first-order chi connectivity index (χ1) is 7.04. The van der Waals surface area contributed by atoms with Crippen LogP contribution in [0.15, 0.2) is 18.2 Å². The number of hydrogen-bond acceptors (Lipinski definition) is 2. The molecule has 0 amide bonds. The largest absolute Gasteiger partial charge is 0.489 e. The Kier molecular flexibility index (Phi) is 3.99. The molecular formula is C12H14ClNO. The molecule has 0 radical (unpaired) electrons. The summed E-state index contributed by atoms with van der Waals surface area (Å²) >= 11 is 5.85. The van der Waals surface area contributed by atoms with Gasteiger partial charge in [-0.15, -0.1) is 0 Å². The molecule has 1 rings (SSSR count). The van der Waals surface area contributed by atoms with E-state index in [1.54, 1.807) is 18.2 Å². The van der Waals surface area contributed by atoms with Crippen molar-refractivity contribution >= 4 is 11.6 Å². The SMILES string of the molecule is CC(C)C(C)Oc1cc(Cl)ccc1C#N. The van der Waals surface area contributed by atoms with Crippen molar-refractivity contribution in [3.63, 3.8) is 0 Å². The molecule has 1 unspecified atom stereocenters. The van der Waals surface area contributed by atoms with Crippen LogP contribution in [0, 0.1) is 17.2 Å². The third-order valence-corrected chi connectivity index (χ3v) is 2.55. The lowest BCUT2D eigenvalue weighted by atomic mass is 10.1. The highest BCUT2D eigenvalue weighted by Crippen LogP contribution is 2.24. The average Bonchev–Trinajstić information content (AvgIpc) is 2.18. The zero-order chi connectivity index (χ0) is 11.4. The Balaban J connectivity index is 2.93. The fourth-order valence-corrected chi connectivity index (χ4v) is 1.18. The van der Waals surface area contributed by atoms with E-state index >= 15 is 0 Å². The summed E-state index contributed by atoms with van der Waals surface area (Å²) in [5.74, 6) is 0.960. The smallest absolute Gasteiger partial charge is 0.138 e. The summed E-state index contributed by atoms with van der Waals surface area (Å²) < 4.78 is 5.67. The normalized spacial score (nSPS) is 12.3. The zero-order valence-corrected chi connectivity index (χ0v) is 9.88. The van der Waals surface area contributed by atoms with Crippen molar-refractivity contribution in [3.8, 4) is 11.8 Å². The average molecular weight is 224 g/mol. The summed E-state index contributed by atoms with van der Waals surface area (Å²) in [6, 6.07) is 7.12. The van der Waals surface area contributed by atoms with Gasteiger partial charge in [0.1, 0.15) is 11.8 Å². The van der Waals surface area contributed by atoms with Gasteiger partial charge in [-0.25, -0.2) is 0 Å². The van der Waals surface area contributed by atoms with Gasteiger partial charge in [-0.05, 0) is 25.0 Å². The Labute approximate surface area is 95.4 Å². The van der Waals surface area contributed by atoms with E-state index in [9.17, 15) is 0 Å². The van der Waals surface area contributed by atoms with Crippen LogP contribution in [0.4, 0.5) is 0 Å². The van der Waals surface area contributed by atoms with Crippen LogP contribution in [0.5, 0.6) is 5.75 Å². The van der Waals surface area contributed by atoms with Gasteiger partial charge in [-0.1, -0.05) is 25.4 Å². The lowest BCUT2D eigenvalue weighted by Gasteiger charge is -2.18. The van der Waals surface area contributed by atoms with E-state index in [1.165, 1.54) is 0 Å². The first-order valence-electron chi connectivity index (χ1n) is 4.91. The maximum Gasteiger partial charge on any atom is 0.138 e. The molecule has 0 aliphatic carbocycles. The molecule has 0 saturated carbocycles. The second kappa shape index (κ2) is 5.04. The maximum absolute atomic E-state index is 8.89. The number of halogens is 1. The predicted octanol–water partition coefficient (Wildman–Crippen LogP) is 3.63. The predicted molar refractivity (Wildman–Crippen MR) is 61.1 cm³/mol. The fourth-order valence-electron chi connectivity index (χ4n) is 1.02. The quantitative estimate of drug-likeness (QED) is 0.784. The van der Waals surface area contributed by atoms with Crippen molar-refractivity contribution in [2.75, 3.05) is 0 Å². The number of ether oxygens (including phenoxy) is 1. The van der Waals surface area contributed by atoms with Crippen molar-refractivity contribution in [2.45, 2.75) is 26.9 Å². The molecule has 3 heteroatoms. The first kappa shape index (κ1) is 11.9. The van der Waals surface area contributed by atoms with Crippen molar-refractivity contribution < 1.29 is 4.74 Å². The number of hydrogen-bond donors (Lipinski definition) is 0. The van der Waals surface area contributed by atoms with Crippen molar-refractivity contribution in [1.82, 2.24) is 0 Å². The summed E-state index contributed by atoms with van der Waals surface area (Å²) in [6.45, 7) is 6.12. The molecule has 1 aromatic rings.